The van der Waals surface area contributed by atoms with Crippen molar-refractivity contribution in [3.8, 4) is 16.4 Å². The van der Waals surface area contributed by atoms with Crippen LogP contribution >= 0.6 is 22.9 Å². The number of carbonyl (C=O) groups is 1. The predicted molar refractivity (Wildman–Crippen MR) is 96.1 cm³/mol. The number of halogens is 1. The van der Waals surface area contributed by atoms with Crippen LogP contribution in [0, 0.1) is 5.41 Å². The molecule has 0 fully saturated rings. The van der Waals surface area contributed by atoms with Crippen molar-refractivity contribution < 1.29 is 4.79 Å². The van der Waals surface area contributed by atoms with Gasteiger partial charge in [0.2, 0.25) is 0 Å². The van der Waals surface area contributed by atoms with Gasteiger partial charge in [0, 0.05) is 47.2 Å². The largest absolute Gasteiger partial charge is 0.304 e. The zero-order valence-electron chi connectivity index (χ0n) is 13.4. The number of hydrogen-bond donors (Lipinski definition) is 0. The molecule has 24 heavy (non-hydrogen) atoms. The maximum Gasteiger partial charge on any atom is 0.165 e. The minimum Gasteiger partial charge on any atom is -0.304 e. The van der Waals surface area contributed by atoms with E-state index in [1.54, 1.807) is 23.7 Å². The van der Waals surface area contributed by atoms with Gasteiger partial charge in [-0.3, -0.25) is 4.79 Å². The molecular formula is C18H16ClN3OS. The third-order valence-corrected chi connectivity index (χ3v) is 5.32. The van der Waals surface area contributed by atoms with Gasteiger partial charge < -0.3 is 4.57 Å². The lowest BCUT2D eigenvalue weighted by atomic mass is 9.75. The number of pyridine rings is 1. The van der Waals surface area contributed by atoms with E-state index in [9.17, 15) is 4.79 Å². The molecule has 0 atom stereocenters. The summed E-state index contributed by atoms with van der Waals surface area (Å²) < 4.78 is 2.02. The Labute approximate surface area is 149 Å². The summed E-state index contributed by atoms with van der Waals surface area (Å²) in [6, 6.07) is 3.69. The van der Waals surface area contributed by atoms with Crippen LogP contribution in [0.2, 0.25) is 5.02 Å². The number of aromatic nitrogens is 3. The SMILES string of the molecule is CC1(C)CC(=O)c2c(-c3nccs3)cn(-c3ccc(Cl)cn3)c2C1. The van der Waals surface area contributed by atoms with Gasteiger partial charge in [-0.25, -0.2) is 9.97 Å². The minimum atomic E-state index is -0.0627. The number of fused-ring (bicyclic) bond motifs is 1. The van der Waals surface area contributed by atoms with Crippen molar-refractivity contribution in [1.29, 1.82) is 0 Å². The number of thiazole rings is 1. The van der Waals surface area contributed by atoms with Gasteiger partial charge in [-0.15, -0.1) is 11.3 Å². The van der Waals surface area contributed by atoms with E-state index in [0.717, 1.165) is 34.1 Å². The van der Waals surface area contributed by atoms with Gasteiger partial charge in [-0.1, -0.05) is 25.4 Å². The number of nitrogens with zero attached hydrogens (tertiary/aromatic N) is 3. The quantitative estimate of drug-likeness (QED) is 0.661. The van der Waals surface area contributed by atoms with Crippen LogP contribution in [0.1, 0.15) is 36.3 Å². The standard InChI is InChI=1S/C18H16ClN3OS/c1-18(2)7-13-16(14(23)8-18)12(17-20-5-6-24-17)10-22(13)15-4-3-11(19)9-21-15/h3-6,9-10H,7-8H2,1-2H3. The summed E-state index contributed by atoms with van der Waals surface area (Å²) in [5.41, 5.74) is 2.64. The van der Waals surface area contributed by atoms with Crippen LogP contribution in [0.4, 0.5) is 0 Å². The lowest BCUT2D eigenvalue weighted by molar-refractivity contribution is 0.0911. The van der Waals surface area contributed by atoms with E-state index in [4.69, 9.17) is 11.6 Å². The topological polar surface area (TPSA) is 47.8 Å². The maximum absolute atomic E-state index is 12.8. The van der Waals surface area contributed by atoms with Crippen molar-refractivity contribution in [3.63, 3.8) is 0 Å². The fourth-order valence-electron chi connectivity index (χ4n) is 3.30. The molecule has 3 heterocycles. The molecule has 3 aromatic heterocycles. The number of rotatable bonds is 2. The highest BCUT2D eigenvalue weighted by Gasteiger charge is 2.36. The summed E-state index contributed by atoms with van der Waals surface area (Å²) in [6.07, 6.45) is 6.75. The van der Waals surface area contributed by atoms with Crippen molar-refractivity contribution >= 4 is 28.7 Å². The minimum absolute atomic E-state index is 0.0627. The fourth-order valence-corrected chi connectivity index (χ4v) is 4.07. The predicted octanol–water partition coefficient (Wildman–Crippen LogP) is 4.80. The Hall–Kier alpha value is -1.98. The first kappa shape index (κ1) is 15.5. The summed E-state index contributed by atoms with van der Waals surface area (Å²) in [5, 5.41) is 3.39. The molecule has 0 aliphatic heterocycles. The first-order chi connectivity index (χ1) is 11.4. The molecule has 0 bridgehead atoms. The molecule has 4 nitrogen and oxygen atoms in total. The van der Waals surface area contributed by atoms with Gasteiger partial charge in [0.25, 0.3) is 0 Å². The van der Waals surface area contributed by atoms with E-state index in [0.29, 0.717) is 11.4 Å². The number of ketones is 1. The fraction of sp³-hybridized carbons (Fsp3) is 0.278. The van der Waals surface area contributed by atoms with Crippen LogP contribution in [-0.2, 0) is 6.42 Å². The van der Waals surface area contributed by atoms with Crippen molar-refractivity contribution in [2.75, 3.05) is 0 Å². The molecule has 4 rings (SSSR count). The Morgan fingerprint density at radius 2 is 2.08 bits per heavy atom. The lowest BCUT2D eigenvalue weighted by Gasteiger charge is -2.29. The van der Waals surface area contributed by atoms with E-state index in [-0.39, 0.29) is 11.2 Å². The monoisotopic (exact) mass is 357 g/mol. The van der Waals surface area contributed by atoms with E-state index >= 15 is 0 Å². The Morgan fingerprint density at radius 1 is 1.25 bits per heavy atom. The smallest absolute Gasteiger partial charge is 0.165 e. The molecule has 0 saturated carbocycles. The van der Waals surface area contributed by atoms with Gasteiger partial charge in [-0.2, -0.15) is 0 Å². The van der Waals surface area contributed by atoms with Crippen molar-refractivity contribution in [2.45, 2.75) is 26.7 Å². The number of hydrogen-bond acceptors (Lipinski definition) is 4. The molecule has 122 valence electrons. The third kappa shape index (κ3) is 2.58. The first-order valence-corrected chi connectivity index (χ1v) is 9.00. The highest BCUT2D eigenvalue weighted by atomic mass is 35.5. The Morgan fingerprint density at radius 3 is 2.75 bits per heavy atom. The Bertz CT molecular complexity index is 911. The molecule has 1 aliphatic carbocycles. The molecule has 0 radical (unpaired) electrons. The van der Waals surface area contributed by atoms with E-state index in [1.165, 1.54) is 0 Å². The van der Waals surface area contributed by atoms with Gasteiger partial charge in [-0.05, 0) is 24.0 Å². The molecule has 0 saturated heterocycles. The summed E-state index contributed by atoms with van der Waals surface area (Å²) in [7, 11) is 0. The van der Waals surface area contributed by atoms with Crippen molar-refractivity contribution in [3.05, 3.63) is 52.4 Å². The number of carbonyl (C=O) groups excluding carboxylic acids is 1. The van der Waals surface area contributed by atoms with Crippen LogP contribution in [-0.4, -0.2) is 20.3 Å². The van der Waals surface area contributed by atoms with Gasteiger partial charge in [0.15, 0.2) is 5.78 Å². The van der Waals surface area contributed by atoms with Crippen molar-refractivity contribution in [2.24, 2.45) is 5.41 Å². The molecule has 0 amide bonds. The van der Waals surface area contributed by atoms with Crippen LogP contribution in [0.15, 0.2) is 36.1 Å². The van der Waals surface area contributed by atoms with Crippen molar-refractivity contribution in [1.82, 2.24) is 14.5 Å². The lowest BCUT2D eigenvalue weighted by Crippen LogP contribution is -2.28. The molecule has 0 unspecified atom stereocenters. The molecule has 1 aliphatic rings. The summed E-state index contributed by atoms with van der Waals surface area (Å²) >= 11 is 7.51. The highest BCUT2D eigenvalue weighted by Crippen LogP contribution is 2.41. The second-order valence-corrected chi connectivity index (χ2v) is 8.18. The third-order valence-electron chi connectivity index (χ3n) is 4.29. The Kier molecular flexibility index (Phi) is 3.58. The van der Waals surface area contributed by atoms with Gasteiger partial charge in [0.05, 0.1) is 5.02 Å². The summed E-state index contributed by atoms with van der Waals surface area (Å²) in [5.74, 6) is 0.947. The zero-order chi connectivity index (χ0) is 16.9. The molecular weight excluding hydrogens is 342 g/mol. The second-order valence-electron chi connectivity index (χ2n) is 6.85. The maximum atomic E-state index is 12.8. The van der Waals surface area contributed by atoms with Crippen LogP contribution < -0.4 is 0 Å². The Balaban J connectivity index is 1.96. The second kappa shape index (κ2) is 5.53. The normalized spacial score (nSPS) is 16.2. The first-order valence-electron chi connectivity index (χ1n) is 7.74. The summed E-state index contributed by atoms with van der Waals surface area (Å²) in [4.78, 5) is 21.7. The van der Waals surface area contributed by atoms with E-state index < -0.39 is 0 Å². The molecule has 3 aromatic rings. The zero-order valence-corrected chi connectivity index (χ0v) is 15.0. The highest BCUT2D eigenvalue weighted by molar-refractivity contribution is 7.13. The average molecular weight is 358 g/mol. The van der Waals surface area contributed by atoms with E-state index in [2.05, 4.69) is 23.8 Å². The van der Waals surface area contributed by atoms with Crippen LogP contribution in [0.3, 0.4) is 0 Å². The molecule has 6 heteroatoms. The van der Waals surface area contributed by atoms with Gasteiger partial charge in [0.1, 0.15) is 10.8 Å². The summed E-state index contributed by atoms with van der Waals surface area (Å²) in [6.45, 7) is 4.26. The average Bonchev–Trinajstić information content (AvgIpc) is 3.14. The van der Waals surface area contributed by atoms with Gasteiger partial charge >= 0.3 is 0 Å². The van der Waals surface area contributed by atoms with Crippen LogP contribution in [0.5, 0.6) is 0 Å². The van der Waals surface area contributed by atoms with Crippen LogP contribution in [0.25, 0.3) is 16.4 Å². The molecule has 0 aromatic carbocycles. The van der Waals surface area contributed by atoms with E-state index in [1.807, 2.05) is 28.3 Å². The molecule has 0 spiro atoms. The molecule has 0 N–H and O–H groups in total. The number of Topliss-reactive ketones (excluding diaryl/α,β-unsaturated/α-hetero) is 1.